The molecule has 7 nitrogen and oxygen atoms in total. The fourth-order valence-corrected chi connectivity index (χ4v) is 5.23. The molecule has 184 valence electrons. The van der Waals surface area contributed by atoms with Crippen molar-refractivity contribution in [2.75, 3.05) is 25.4 Å². The average Bonchev–Trinajstić information content (AvgIpc) is 2.85. The second-order valence-corrected chi connectivity index (χ2v) is 9.78. The monoisotopic (exact) mass is 485 g/mol. The summed E-state index contributed by atoms with van der Waals surface area (Å²) in [6.45, 7) is 5.24. The van der Waals surface area contributed by atoms with Crippen LogP contribution in [0.25, 0.3) is 0 Å². The van der Waals surface area contributed by atoms with Gasteiger partial charge in [-0.15, -0.1) is 0 Å². The van der Waals surface area contributed by atoms with Gasteiger partial charge in [0.15, 0.2) is 5.16 Å². The van der Waals surface area contributed by atoms with E-state index in [0.29, 0.717) is 37.7 Å². The zero-order chi connectivity index (χ0) is 24.5. The maximum Gasteiger partial charge on any atom is 0.310 e. The van der Waals surface area contributed by atoms with E-state index in [-0.39, 0.29) is 23.4 Å². The molecule has 34 heavy (non-hydrogen) atoms. The number of aryl methyl sites for hydroxylation is 1. The Kier molecular flexibility index (Phi) is 9.74. The number of nitrogens with zero attached hydrogens (tertiary/aromatic N) is 3. The molecule has 1 saturated heterocycles. The molecular weight excluding hydrogens is 450 g/mol. The molecule has 1 amide bonds. The van der Waals surface area contributed by atoms with Crippen molar-refractivity contribution < 1.29 is 14.3 Å². The van der Waals surface area contributed by atoms with Crippen LogP contribution in [0.1, 0.15) is 55.8 Å². The van der Waals surface area contributed by atoms with Crippen LogP contribution in [0.2, 0.25) is 0 Å². The van der Waals surface area contributed by atoms with Crippen molar-refractivity contribution in [1.82, 2.24) is 14.5 Å². The van der Waals surface area contributed by atoms with E-state index in [2.05, 4.69) is 4.98 Å². The predicted octanol–water partition coefficient (Wildman–Crippen LogP) is 3.74. The van der Waals surface area contributed by atoms with Gasteiger partial charge in [-0.3, -0.25) is 19.0 Å². The lowest BCUT2D eigenvalue weighted by Gasteiger charge is -2.31. The summed E-state index contributed by atoms with van der Waals surface area (Å²) in [5, 5.41) is 0.707. The number of likely N-dealkylation sites (tertiary alicyclic amines) is 1. The normalized spacial score (nSPS) is 15.9. The van der Waals surface area contributed by atoms with Gasteiger partial charge in [-0.05, 0) is 45.1 Å². The second kappa shape index (κ2) is 12.7. The first-order valence-corrected chi connectivity index (χ1v) is 13.1. The molecule has 3 rings (SSSR count). The number of esters is 1. The highest BCUT2D eigenvalue weighted by Gasteiger charge is 2.29. The third-order valence-electron chi connectivity index (χ3n) is 6.18. The Hall–Kier alpha value is -2.61. The number of aromatic nitrogens is 2. The largest absolute Gasteiger partial charge is 0.466 e. The Morgan fingerprint density at radius 2 is 1.97 bits per heavy atom. The van der Waals surface area contributed by atoms with Crippen LogP contribution in [0.3, 0.4) is 0 Å². The second-order valence-electron chi connectivity index (χ2n) is 8.72. The van der Waals surface area contributed by atoms with Crippen molar-refractivity contribution in [2.45, 2.75) is 57.5 Å². The van der Waals surface area contributed by atoms with Gasteiger partial charge in [0.05, 0.1) is 12.5 Å². The highest BCUT2D eigenvalue weighted by Crippen LogP contribution is 2.21. The molecule has 8 heteroatoms. The summed E-state index contributed by atoms with van der Waals surface area (Å²) in [4.78, 5) is 44.0. The van der Waals surface area contributed by atoms with Crippen molar-refractivity contribution in [1.29, 1.82) is 0 Å². The van der Waals surface area contributed by atoms with Crippen LogP contribution in [0, 0.1) is 12.8 Å². The van der Waals surface area contributed by atoms with Crippen LogP contribution in [-0.2, 0) is 27.8 Å². The number of ether oxygens (including phenoxy) is 1. The quantitative estimate of drug-likeness (QED) is 0.221. The van der Waals surface area contributed by atoms with Crippen LogP contribution in [0.15, 0.2) is 40.3 Å². The van der Waals surface area contributed by atoms with Crippen molar-refractivity contribution >= 4 is 23.6 Å². The lowest BCUT2D eigenvalue weighted by molar-refractivity contribution is -0.151. The Morgan fingerprint density at radius 3 is 2.71 bits per heavy atom. The first kappa shape index (κ1) is 26.0. The predicted molar refractivity (Wildman–Crippen MR) is 134 cm³/mol. The molecule has 1 aliphatic heterocycles. The maximum absolute atomic E-state index is 12.9. The van der Waals surface area contributed by atoms with Gasteiger partial charge in [0.1, 0.15) is 0 Å². The van der Waals surface area contributed by atoms with Crippen molar-refractivity contribution in [3.63, 3.8) is 0 Å². The number of thioether (sulfide) groups is 1. The third-order valence-corrected chi connectivity index (χ3v) is 7.30. The van der Waals surface area contributed by atoms with Crippen molar-refractivity contribution in [2.24, 2.45) is 13.0 Å². The summed E-state index contributed by atoms with van der Waals surface area (Å²) in [5.74, 6) is 0.495. The highest BCUT2D eigenvalue weighted by atomic mass is 32.2. The molecule has 1 unspecified atom stereocenters. The van der Waals surface area contributed by atoms with E-state index in [0.717, 1.165) is 48.3 Å². The van der Waals surface area contributed by atoms with Crippen molar-refractivity contribution in [3.8, 4) is 0 Å². The van der Waals surface area contributed by atoms with E-state index < -0.39 is 0 Å². The van der Waals surface area contributed by atoms with Crippen LogP contribution in [0.4, 0.5) is 0 Å². The summed E-state index contributed by atoms with van der Waals surface area (Å²) in [6, 6.07) is 9.95. The van der Waals surface area contributed by atoms with Gasteiger partial charge in [-0.2, -0.15) is 0 Å². The number of carbonyl (C=O) groups excluding carboxylic acids is 2. The Morgan fingerprint density at radius 1 is 1.21 bits per heavy atom. The summed E-state index contributed by atoms with van der Waals surface area (Å²) in [5.41, 5.74) is 2.59. The molecule has 0 saturated carbocycles. The molecule has 0 bridgehead atoms. The van der Waals surface area contributed by atoms with E-state index in [1.807, 2.05) is 37.3 Å². The number of benzene rings is 1. The third kappa shape index (κ3) is 6.95. The summed E-state index contributed by atoms with van der Waals surface area (Å²) in [6.07, 6.45) is 4.29. The van der Waals surface area contributed by atoms with E-state index in [1.54, 1.807) is 35.2 Å². The standard InChI is InChI=1S/C26H35N3O4S/c1-4-33-25(32)21-13-10-15-29(18-21)23(30)14-8-9-16-34-26-27-19(2)22(24(31)28(26)3)17-20-11-6-5-7-12-20/h5-7,11-12,21H,4,8-10,13-18H2,1-3H3. The molecule has 0 spiro atoms. The zero-order valence-electron chi connectivity index (χ0n) is 20.4. The van der Waals surface area contributed by atoms with Gasteiger partial charge in [-0.25, -0.2) is 4.98 Å². The molecule has 1 fully saturated rings. The van der Waals surface area contributed by atoms with E-state index >= 15 is 0 Å². The summed E-state index contributed by atoms with van der Waals surface area (Å²) < 4.78 is 6.75. The smallest absolute Gasteiger partial charge is 0.310 e. The molecule has 2 heterocycles. The molecule has 0 aliphatic carbocycles. The van der Waals surface area contributed by atoms with E-state index in [9.17, 15) is 14.4 Å². The number of amides is 1. The fourth-order valence-electron chi connectivity index (χ4n) is 4.22. The Bertz CT molecular complexity index is 1040. The lowest BCUT2D eigenvalue weighted by Crippen LogP contribution is -2.42. The van der Waals surface area contributed by atoms with Gasteiger partial charge in [0, 0.05) is 50.0 Å². The Balaban J connectivity index is 1.46. The maximum atomic E-state index is 12.9. The number of unbranched alkanes of at least 4 members (excludes halogenated alkanes) is 1. The molecule has 1 atom stereocenters. The first-order valence-electron chi connectivity index (χ1n) is 12.1. The molecule has 1 aromatic carbocycles. The minimum absolute atomic E-state index is 0.00437. The van der Waals surface area contributed by atoms with Gasteiger partial charge < -0.3 is 9.64 Å². The number of hydrogen-bond donors (Lipinski definition) is 0. The fraction of sp³-hybridized carbons (Fsp3) is 0.538. The molecule has 1 aliphatic rings. The molecule has 2 aromatic rings. The van der Waals surface area contributed by atoms with Crippen LogP contribution in [-0.4, -0.2) is 51.8 Å². The molecule has 1 aromatic heterocycles. The van der Waals surface area contributed by atoms with E-state index in [4.69, 9.17) is 4.74 Å². The summed E-state index contributed by atoms with van der Waals surface area (Å²) in [7, 11) is 1.77. The highest BCUT2D eigenvalue weighted by molar-refractivity contribution is 7.99. The molecule has 0 N–H and O–H groups in total. The van der Waals surface area contributed by atoms with Crippen LogP contribution >= 0.6 is 11.8 Å². The first-order chi connectivity index (χ1) is 16.4. The topological polar surface area (TPSA) is 81.5 Å². The average molecular weight is 486 g/mol. The van der Waals surface area contributed by atoms with Gasteiger partial charge in [0.25, 0.3) is 5.56 Å². The number of hydrogen-bond acceptors (Lipinski definition) is 6. The van der Waals surface area contributed by atoms with E-state index in [1.165, 1.54) is 0 Å². The number of carbonyl (C=O) groups is 2. The molecular formula is C26H35N3O4S. The van der Waals surface area contributed by atoms with Crippen LogP contribution < -0.4 is 5.56 Å². The minimum Gasteiger partial charge on any atom is -0.466 e. The molecule has 0 radical (unpaired) electrons. The number of piperidine rings is 1. The lowest BCUT2D eigenvalue weighted by atomic mass is 9.98. The SMILES string of the molecule is CCOC(=O)C1CCCN(C(=O)CCCCSc2nc(C)c(Cc3ccccc3)c(=O)n2C)C1. The minimum atomic E-state index is -0.200. The Labute approximate surface area is 205 Å². The zero-order valence-corrected chi connectivity index (χ0v) is 21.2. The number of rotatable bonds is 10. The summed E-state index contributed by atoms with van der Waals surface area (Å²) >= 11 is 1.55. The van der Waals surface area contributed by atoms with Gasteiger partial charge in [0.2, 0.25) is 5.91 Å². The van der Waals surface area contributed by atoms with Crippen LogP contribution in [0.5, 0.6) is 0 Å². The van der Waals surface area contributed by atoms with Gasteiger partial charge >= 0.3 is 5.97 Å². The van der Waals surface area contributed by atoms with Crippen molar-refractivity contribution in [3.05, 3.63) is 57.5 Å². The van der Waals surface area contributed by atoms with Gasteiger partial charge in [-0.1, -0.05) is 42.1 Å².